The van der Waals surface area contributed by atoms with Crippen molar-refractivity contribution >= 4 is 23.1 Å². The van der Waals surface area contributed by atoms with Crippen LogP contribution in [0.1, 0.15) is 69.8 Å². The highest BCUT2D eigenvalue weighted by atomic mass is 19.4. The van der Waals surface area contributed by atoms with Crippen molar-refractivity contribution in [1.29, 1.82) is 0 Å². The van der Waals surface area contributed by atoms with Gasteiger partial charge in [0.1, 0.15) is 11.4 Å². The summed E-state index contributed by atoms with van der Waals surface area (Å²) in [6.45, 7) is 3.08. The number of pyridine rings is 1. The highest BCUT2D eigenvalue weighted by Crippen LogP contribution is 2.38. The van der Waals surface area contributed by atoms with Crippen LogP contribution < -0.4 is 15.8 Å². The van der Waals surface area contributed by atoms with E-state index in [9.17, 15) is 32.9 Å². The van der Waals surface area contributed by atoms with Crippen LogP contribution >= 0.6 is 0 Å². The Bertz CT molecular complexity index is 1230. The molecule has 2 N–H and O–H groups in total. The first-order valence-electron chi connectivity index (χ1n) is 14.4. The van der Waals surface area contributed by atoms with Crippen molar-refractivity contribution in [3.63, 3.8) is 0 Å². The number of nitro benzene ring substituents is 1. The molecule has 1 saturated heterocycles. The first kappa shape index (κ1) is 30.4. The van der Waals surface area contributed by atoms with Crippen molar-refractivity contribution in [2.75, 3.05) is 36.4 Å². The Morgan fingerprint density at radius 2 is 1.63 bits per heavy atom. The summed E-state index contributed by atoms with van der Waals surface area (Å²) in [5.41, 5.74) is -1.91. The molecular weight excluding hydrogens is 539 g/mol. The Kier molecular flexibility index (Phi) is 10.3. The maximum Gasteiger partial charge on any atom is 0.423 e. The number of H-pyrrole nitrogens is 1. The molecule has 9 nitrogen and oxygen atoms in total. The first-order chi connectivity index (χ1) is 19.6. The highest BCUT2D eigenvalue weighted by molar-refractivity contribution is 5.76. The molecule has 2 saturated carbocycles. The monoisotopic (exact) mass is 577 g/mol. The predicted octanol–water partition coefficient (Wildman–Crippen LogP) is 5.96. The van der Waals surface area contributed by atoms with Crippen LogP contribution in [0.15, 0.2) is 41.2 Å². The third kappa shape index (κ3) is 8.71. The maximum absolute atomic E-state index is 12.8. The Morgan fingerprint density at radius 3 is 2.24 bits per heavy atom. The lowest BCUT2D eigenvalue weighted by molar-refractivity contribution is -0.388. The Balaban J connectivity index is 0.000000189. The van der Waals surface area contributed by atoms with Crippen molar-refractivity contribution in [3.8, 4) is 0 Å². The van der Waals surface area contributed by atoms with Crippen molar-refractivity contribution in [2.24, 2.45) is 5.92 Å². The summed E-state index contributed by atoms with van der Waals surface area (Å²) in [5, 5.41) is 13.7. The summed E-state index contributed by atoms with van der Waals surface area (Å²) in [6, 6.07) is 8.42. The van der Waals surface area contributed by atoms with Gasteiger partial charge in [-0.15, -0.1) is 0 Å². The molecular formula is C29H38F3N5O4. The summed E-state index contributed by atoms with van der Waals surface area (Å²) in [6.07, 6.45) is 6.08. The molecule has 1 aromatic carbocycles. The lowest BCUT2D eigenvalue weighted by Gasteiger charge is -2.36. The standard InChI is InChI=1S/C16H23N3O2.C13H15F3N2O2/c20-15-7-3-6-14(17-15)18-8-10-19(11-9-18)16(21)12-13-4-1-2-5-13;14-13(15,16)11-8-10(6-7-12(11)18(19)20)17-9-4-2-1-3-5-9/h3,6-7,13H,1-2,4-5,8-12H2,(H,17,20);6-9,17H,1-5H2. The van der Waals surface area contributed by atoms with Crippen molar-refractivity contribution < 1.29 is 22.9 Å². The van der Waals surface area contributed by atoms with Gasteiger partial charge in [-0.2, -0.15) is 13.2 Å². The SMILES string of the molecule is O=C(CC1CCCC1)N1CCN(c2cccc(=O)[nH]2)CC1.O=[N+]([O-])c1ccc(NC2CCCCC2)cc1C(F)(F)F. The third-order valence-corrected chi connectivity index (χ3v) is 8.14. The molecule has 0 bridgehead atoms. The fourth-order valence-electron chi connectivity index (χ4n) is 5.90. The van der Waals surface area contributed by atoms with Gasteiger partial charge >= 0.3 is 6.18 Å². The van der Waals surface area contributed by atoms with Crippen LogP contribution in [0.2, 0.25) is 0 Å². The summed E-state index contributed by atoms with van der Waals surface area (Å²) in [5.74, 6) is 1.77. The summed E-state index contributed by atoms with van der Waals surface area (Å²) < 4.78 is 38.5. The van der Waals surface area contributed by atoms with Gasteiger partial charge < -0.3 is 20.1 Å². The lowest BCUT2D eigenvalue weighted by atomic mass is 9.95. The van der Waals surface area contributed by atoms with Crippen LogP contribution in [0, 0.1) is 16.0 Å². The number of carbonyl (C=O) groups is 1. The maximum atomic E-state index is 12.8. The quantitative estimate of drug-likeness (QED) is 0.324. The Labute approximate surface area is 237 Å². The Hall–Kier alpha value is -3.57. The molecule has 0 atom stereocenters. The number of hydrogen-bond donors (Lipinski definition) is 2. The van der Waals surface area contributed by atoms with E-state index < -0.39 is 22.4 Å². The van der Waals surface area contributed by atoms with Gasteiger partial charge in [-0.1, -0.05) is 38.2 Å². The second-order valence-corrected chi connectivity index (χ2v) is 11.1. The van der Waals surface area contributed by atoms with Crippen LogP contribution in [-0.2, 0) is 11.0 Å². The predicted molar refractivity (Wildman–Crippen MR) is 151 cm³/mol. The minimum absolute atomic E-state index is 0.0766. The second kappa shape index (κ2) is 13.9. The molecule has 2 heterocycles. The fraction of sp³-hybridized carbons (Fsp3) is 0.586. The number of piperazine rings is 1. The number of aromatic amines is 1. The molecule has 1 aliphatic heterocycles. The average Bonchev–Trinajstić information content (AvgIpc) is 3.46. The number of nitro groups is 1. The van der Waals surface area contributed by atoms with Crippen LogP contribution in [0.5, 0.6) is 0 Å². The van der Waals surface area contributed by atoms with Crippen molar-refractivity contribution in [2.45, 2.75) is 76.4 Å². The summed E-state index contributed by atoms with van der Waals surface area (Å²) in [4.78, 5) is 40.3. The van der Waals surface area contributed by atoms with E-state index in [0.29, 0.717) is 11.8 Å². The van der Waals surface area contributed by atoms with Gasteiger partial charge in [-0.3, -0.25) is 19.7 Å². The van der Waals surface area contributed by atoms with Crippen LogP contribution in [-0.4, -0.2) is 52.9 Å². The van der Waals surface area contributed by atoms with Crippen LogP contribution in [0.3, 0.4) is 0 Å². The minimum Gasteiger partial charge on any atom is -0.382 e. The normalized spacial score (nSPS) is 18.5. The molecule has 3 aliphatic rings. The number of aromatic nitrogens is 1. The molecule has 2 aromatic rings. The number of hydrogen-bond acceptors (Lipinski definition) is 6. The van der Waals surface area contributed by atoms with Crippen molar-refractivity contribution in [1.82, 2.24) is 9.88 Å². The molecule has 0 unspecified atom stereocenters. The zero-order valence-electron chi connectivity index (χ0n) is 23.1. The van der Waals surface area contributed by atoms with E-state index in [4.69, 9.17) is 0 Å². The molecule has 2 aliphatic carbocycles. The summed E-state index contributed by atoms with van der Waals surface area (Å²) in [7, 11) is 0. The number of nitrogens with one attached hydrogen (secondary N) is 2. The number of alkyl halides is 3. The number of anilines is 2. The Morgan fingerprint density at radius 1 is 0.976 bits per heavy atom. The molecule has 224 valence electrons. The largest absolute Gasteiger partial charge is 0.423 e. The number of carbonyl (C=O) groups excluding carboxylic acids is 1. The molecule has 0 radical (unpaired) electrons. The minimum atomic E-state index is -4.73. The van der Waals surface area contributed by atoms with E-state index in [1.807, 2.05) is 11.0 Å². The fourth-order valence-corrected chi connectivity index (χ4v) is 5.90. The zero-order valence-corrected chi connectivity index (χ0v) is 23.1. The van der Waals surface area contributed by atoms with Gasteiger partial charge in [-0.05, 0) is 49.8 Å². The van der Waals surface area contributed by atoms with E-state index >= 15 is 0 Å². The van der Waals surface area contributed by atoms with Gasteiger partial charge in [0.2, 0.25) is 11.5 Å². The molecule has 3 fully saturated rings. The topological polar surface area (TPSA) is 112 Å². The number of rotatable bonds is 6. The smallest absolute Gasteiger partial charge is 0.382 e. The zero-order chi connectivity index (χ0) is 29.4. The molecule has 5 rings (SSSR count). The molecule has 1 aromatic heterocycles. The number of halogens is 3. The first-order valence-corrected chi connectivity index (χ1v) is 14.4. The number of amides is 1. The van der Waals surface area contributed by atoms with Crippen molar-refractivity contribution in [3.05, 3.63) is 62.4 Å². The van der Waals surface area contributed by atoms with E-state index in [0.717, 1.165) is 82.7 Å². The molecule has 12 heteroatoms. The van der Waals surface area contributed by atoms with E-state index in [2.05, 4.69) is 15.2 Å². The van der Waals surface area contributed by atoms with E-state index in [-0.39, 0.29) is 17.3 Å². The third-order valence-electron chi connectivity index (χ3n) is 8.14. The average molecular weight is 578 g/mol. The van der Waals surface area contributed by atoms with Gasteiger partial charge in [-0.25, -0.2) is 0 Å². The van der Waals surface area contributed by atoms with Gasteiger partial charge in [0.25, 0.3) is 5.69 Å². The molecule has 41 heavy (non-hydrogen) atoms. The molecule has 0 spiro atoms. The highest BCUT2D eigenvalue weighted by Gasteiger charge is 2.38. The van der Waals surface area contributed by atoms with Crippen LogP contribution in [0.4, 0.5) is 30.4 Å². The number of benzene rings is 1. The number of nitrogens with zero attached hydrogens (tertiary/aromatic N) is 3. The summed E-state index contributed by atoms with van der Waals surface area (Å²) >= 11 is 0. The lowest BCUT2D eigenvalue weighted by Crippen LogP contribution is -2.49. The van der Waals surface area contributed by atoms with Crippen LogP contribution in [0.25, 0.3) is 0 Å². The molecule has 1 amide bonds. The van der Waals surface area contributed by atoms with Gasteiger partial charge in [0.05, 0.1) is 4.92 Å². The van der Waals surface area contributed by atoms with E-state index in [1.54, 1.807) is 6.07 Å². The van der Waals surface area contributed by atoms with Gasteiger partial charge in [0, 0.05) is 56.5 Å². The van der Waals surface area contributed by atoms with Gasteiger partial charge in [0.15, 0.2) is 0 Å². The van der Waals surface area contributed by atoms with E-state index in [1.165, 1.54) is 37.8 Å². The second-order valence-electron chi connectivity index (χ2n) is 11.1.